The van der Waals surface area contributed by atoms with Crippen molar-refractivity contribution >= 4 is 11.7 Å². The molecule has 3 heterocycles. The summed E-state index contributed by atoms with van der Waals surface area (Å²) in [5.41, 5.74) is 1.05. The first-order valence-corrected chi connectivity index (χ1v) is 8.71. The van der Waals surface area contributed by atoms with Gasteiger partial charge in [0, 0.05) is 56.9 Å². The topological polar surface area (TPSA) is 66.3 Å². The fourth-order valence-corrected chi connectivity index (χ4v) is 3.12. The van der Waals surface area contributed by atoms with Gasteiger partial charge in [-0.2, -0.15) is 0 Å². The molecule has 0 unspecified atom stereocenters. The third-order valence-electron chi connectivity index (χ3n) is 4.78. The molecule has 25 heavy (non-hydrogen) atoms. The second-order valence-electron chi connectivity index (χ2n) is 6.55. The number of aryl methyl sites for hydroxylation is 1. The van der Waals surface area contributed by atoms with Crippen molar-refractivity contribution in [3.63, 3.8) is 0 Å². The zero-order valence-corrected chi connectivity index (χ0v) is 15.1. The fraction of sp³-hybridized carbons (Fsp3) is 0.500. The monoisotopic (exact) mass is 342 g/mol. The van der Waals surface area contributed by atoms with Gasteiger partial charge < -0.3 is 19.7 Å². The number of amides is 1. The van der Waals surface area contributed by atoms with Gasteiger partial charge in [-0.05, 0) is 27.0 Å². The largest absolute Gasteiger partial charge is 0.354 e. The molecule has 0 saturated carbocycles. The lowest BCUT2D eigenvalue weighted by molar-refractivity contribution is -0.124. The summed E-state index contributed by atoms with van der Waals surface area (Å²) < 4.78 is 1.87. The molecular formula is C18H26N6O. The van der Waals surface area contributed by atoms with Crippen LogP contribution in [0.1, 0.15) is 24.4 Å². The van der Waals surface area contributed by atoms with Gasteiger partial charge in [0.25, 0.3) is 0 Å². The van der Waals surface area contributed by atoms with E-state index in [0.29, 0.717) is 6.54 Å². The Bertz CT molecular complexity index is 720. The van der Waals surface area contributed by atoms with Crippen molar-refractivity contribution in [2.75, 3.05) is 38.1 Å². The highest BCUT2D eigenvalue weighted by atomic mass is 16.2. The molecule has 1 aliphatic rings. The molecular weight excluding hydrogens is 316 g/mol. The van der Waals surface area contributed by atoms with E-state index in [-0.39, 0.29) is 11.9 Å². The predicted molar refractivity (Wildman–Crippen MR) is 97.5 cm³/mol. The van der Waals surface area contributed by atoms with Gasteiger partial charge in [-0.3, -0.25) is 4.79 Å². The molecule has 1 aliphatic heterocycles. The van der Waals surface area contributed by atoms with Crippen molar-refractivity contribution in [3.05, 3.63) is 42.1 Å². The maximum atomic E-state index is 12.5. The second-order valence-corrected chi connectivity index (χ2v) is 6.55. The molecule has 1 amide bonds. The van der Waals surface area contributed by atoms with Crippen LogP contribution in [0.3, 0.4) is 0 Å². The Morgan fingerprint density at radius 1 is 1.24 bits per heavy atom. The number of hydrogen-bond acceptors (Lipinski definition) is 5. The van der Waals surface area contributed by atoms with Crippen LogP contribution in [-0.2, 0) is 11.3 Å². The lowest BCUT2D eigenvalue weighted by Gasteiger charge is -2.34. The maximum Gasteiger partial charge on any atom is 0.243 e. The van der Waals surface area contributed by atoms with Gasteiger partial charge >= 0.3 is 0 Å². The number of carbonyl (C=O) groups excluding carboxylic acids is 1. The SMILES string of the molecule is Cc1nccn1[C@H](C)C(=O)NCc1cccnc1N1CCN(C)CC1. The van der Waals surface area contributed by atoms with Gasteiger partial charge in [0.2, 0.25) is 5.91 Å². The molecule has 1 N–H and O–H groups in total. The van der Waals surface area contributed by atoms with Gasteiger partial charge in [0.1, 0.15) is 17.7 Å². The lowest BCUT2D eigenvalue weighted by atomic mass is 10.2. The lowest BCUT2D eigenvalue weighted by Crippen LogP contribution is -2.45. The van der Waals surface area contributed by atoms with Crippen molar-refractivity contribution < 1.29 is 4.79 Å². The first-order chi connectivity index (χ1) is 12.1. The molecule has 0 aromatic carbocycles. The number of aromatic nitrogens is 3. The highest BCUT2D eigenvalue weighted by Crippen LogP contribution is 2.19. The zero-order chi connectivity index (χ0) is 17.8. The van der Waals surface area contributed by atoms with Gasteiger partial charge in [-0.25, -0.2) is 9.97 Å². The standard InChI is InChI=1S/C18H26N6O/c1-14(24-8-7-19-15(24)2)18(25)21-13-16-5-4-6-20-17(16)23-11-9-22(3)10-12-23/h4-8,14H,9-13H2,1-3H3,(H,21,25)/t14-/m1/s1. The van der Waals surface area contributed by atoms with E-state index in [1.165, 1.54) is 0 Å². The number of imidazole rings is 1. The number of nitrogens with zero attached hydrogens (tertiary/aromatic N) is 5. The first-order valence-electron chi connectivity index (χ1n) is 8.71. The van der Waals surface area contributed by atoms with Crippen LogP contribution in [0.2, 0.25) is 0 Å². The summed E-state index contributed by atoms with van der Waals surface area (Å²) in [6, 6.07) is 3.67. The van der Waals surface area contributed by atoms with Crippen LogP contribution in [0.15, 0.2) is 30.7 Å². The number of piperazine rings is 1. The molecule has 1 atom stereocenters. The summed E-state index contributed by atoms with van der Waals surface area (Å²) in [6.45, 7) is 8.23. The Hall–Kier alpha value is -2.41. The number of anilines is 1. The van der Waals surface area contributed by atoms with Crippen LogP contribution in [0.5, 0.6) is 0 Å². The summed E-state index contributed by atoms with van der Waals surface area (Å²) in [5, 5.41) is 3.04. The predicted octanol–water partition coefficient (Wildman–Crippen LogP) is 1.22. The summed E-state index contributed by atoms with van der Waals surface area (Å²) in [5.74, 6) is 1.79. The van der Waals surface area contributed by atoms with Gasteiger partial charge in [0.15, 0.2) is 0 Å². The van der Waals surface area contributed by atoms with Crippen molar-refractivity contribution in [3.8, 4) is 0 Å². The molecule has 3 rings (SSSR count). The number of nitrogens with one attached hydrogen (secondary N) is 1. The van der Waals surface area contributed by atoms with Gasteiger partial charge in [-0.15, -0.1) is 0 Å². The van der Waals surface area contributed by atoms with E-state index in [4.69, 9.17) is 0 Å². The molecule has 0 bridgehead atoms. The van der Waals surface area contributed by atoms with E-state index >= 15 is 0 Å². The van der Waals surface area contributed by atoms with Crippen molar-refractivity contribution in [2.45, 2.75) is 26.4 Å². The molecule has 2 aromatic heterocycles. The molecule has 1 fully saturated rings. The van der Waals surface area contributed by atoms with Gasteiger partial charge in [0.05, 0.1) is 0 Å². The summed E-state index contributed by atoms with van der Waals surface area (Å²) in [7, 11) is 2.14. The number of pyridine rings is 1. The highest BCUT2D eigenvalue weighted by molar-refractivity contribution is 5.80. The Kier molecular flexibility index (Phi) is 5.33. The van der Waals surface area contributed by atoms with Crippen LogP contribution in [0.4, 0.5) is 5.82 Å². The summed E-state index contributed by atoms with van der Waals surface area (Å²) in [4.78, 5) is 25.8. The number of carbonyl (C=O) groups is 1. The zero-order valence-electron chi connectivity index (χ0n) is 15.1. The first kappa shape index (κ1) is 17.4. The maximum absolute atomic E-state index is 12.5. The fourth-order valence-electron chi connectivity index (χ4n) is 3.12. The number of likely N-dealkylation sites (N-methyl/N-ethyl adjacent to an activating group) is 1. The smallest absolute Gasteiger partial charge is 0.243 e. The molecule has 7 nitrogen and oxygen atoms in total. The Morgan fingerprint density at radius 3 is 2.68 bits per heavy atom. The van der Waals surface area contributed by atoms with E-state index < -0.39 is 0 Å². The van der Waals surface area contributed by atoms with E-state index in [9.17, 15) is 4.79 Å². The third kappa shape index (κ3) is 3.99. The summed E-state index contributed by atoms with van der Waals surface area (Å²) in [6.07, 6.45) is 5.36. The van der Waals surface area contributed by atoms with Crippen molar-refractivity contribution in [1.29, 1.82) is 0 Å². The highest BCUT2D eigenvalue weighted by Gasteiger charge is 2.20. The quantitative estimate of drug-likeness (QED) is 0.885. The number of hydrogen-bond donors (Lipinski definition) is 1. The van der Waals surface area contributed by atoms with E-state index in [0.717, 1.165) is 43.4 Å². The molecule has 134 valence electrons. The van der Waals surface area contributed by atoms with Crippen molar-refractivity contribution in [1.82, 2.24) is 24.8 Å². The molecule has 1 saturated heterocycles. The minimum atomic E-state index is -0.286. The van der Waals surface area contributed by atoms with E-state index in [1.54, 1.807) is 6.20 Å². The van der Waals surface area contributed by atoms with Crippen LogP contribution in [0.25, 0.3) is 0 Å². The minimum absolute atomic E-state index is 0.0192. The Labute approximate surface area is 148 Å². The Balaban J connectivity index is 1.65. The van der Waals surface area contributed by atoms with Crippen LogP contribution < -0.4 is 10.2 Å². The second kappa shape index (κ2) is 7.65. The normalized spacial score (nSPS) is 16.7. The molecule has 0 radical (unpaired) electrons. The van der Waals surface area contributed by atoms with Crippen molar-refractivity contribution in [2.24, 2.45) is 0 Å². The van der Waals surface area contributed by atoms with Crippen LogP contribution >= 0.6 is 0 Å². The summed E-state index contributed by atoms with van der Waals surface area (Å²) >= 11 is 0. The molecule has 0 aliphatic carbocycles. The minimum Gasteiger partial charge on any atom is -0.354 e. The van der Waals surface area contributed by atoms with Crippen LogP contribution in [-0.4, -0.2) is 58.6 Å². The molecule has 2 aromatic rings. The third-order valence-corrected chi connectivity index (χ3v) is 4.78. The average molecular weight is 342 g/mol. The molecule has 0 spiro atoms. The van der Waals surface area contributed by atoms with Crippen LogP contribution in [0, 0.1) is 6.92 Å². The average Bonchev–Trinajstić information content (AvgIpc) is 3.06. The molecule has 7 heteroatoms. The number of rotatable bonds is 5. The Morgan fingerprint density at radius 2 is 2.00 bits per heavy atom. The van der Waals surface area contributed by atoms with Gasteiger partial charge in [-0.1, -0.05) is 6.07 Å². The van der Waals surface area contributed by atoms with E-state index in [1.807, 2.05) is 42.9 Å². The van der Waals surface area contributed by atoms with E-state index in [2.05, 4.69) is 32.1 Å².